The second kappa shape index (κ2) is 4.73. The van der Waals surface area contributed by atoms with Gasteiger partial charge in [-0.1, -0.05) is 18.2 Å². The number of β-amino-alcohol motifs (C(OH)–C–C–N with tert-alkyl or cyclic N) is 1. The van der Waals surface area contributed by atoms with Gasteiger partial charge in [0.1, 0.15) is 5.82 Å². The summed E-state index contributed by atoms with van der Waals surface area (Å²) < 4.78 is 13.6. The van der Waals surface area contributed by atoms with E-state index in [0.717, 1.165) is 11.0 Å². The number of nitrogens with zero attached hydrogens (tertiary/aromatic N) is 1. The smallest absolute Gasteiger partial charge is 0.331 e. The molecular weight excluding hydrogens is 241 g/mol. The van der Waals surface area contributed by atoms with E-state index in [2.05, 4.69) is 0 Å². The maximum atomic E-state index is 13.6. The Morgan fingerprint density at radius 3 is 2.61 bits per heavy atom. The van der Waals surface area contributed by atoms with Gasteiger partial charge in [-0.05, 0) is 6.07 Å². The summed E-state index contributed by atoms with van der Waals surface area (Å²) in [6, 6.07) is 4.02. The highest BCUT2D eigenvalue weighted by atomic mass is 19.1. The molecule has 1 aromatic rings. The lowest BCUT2D eigenvalue weighted by atomic mass is 10.1. The van der Waals surface area contributed by atoms with Crippen molar-refractivity contribution in [2.24, 2.45) is 0 Å². The zero-order valence-electron chi connectivity index (χ0n) is 9.41. The fourth-order valence-corrected chi connectivity index (χ4v) is 2.09. The van der Waals surface area contributed by atoms with Crippen LogP contribution >= 0.6 is 0 Å². The normalized spacial score (nSPS) is 21.1. The van der Waals surface area contributed by atoms with Gasteiger partial charge >= 0.3 is 5.97 Å². The van der Waals surface area contributed by atoms with Crippen LogP contribution < -0.4 is 0 Å². The highest BCUT2D eigenvalue weighted by molar-refractivity contribution is 5.86. The van der Waals surface area contributed by atoms with Gasteiger partial charge < -0.3 is 15.1 Å². The monoisotopic (exact) mass is 253 g/mol. The molecule has 1 aromatic carbocycles. The molecule has 1 aliphatic rings. The molecule has 2 atom stereocenters. The van der Waals surface area contributed by atoms with Crippen molar-refractivity contribution in [1.29, 1.82) is 0 Å². The Morgan fingerprint density at radius 2 is 2.11 bits per heavy atom. The molecule has 96 valence electrons. The number of carbonyl (C=O) groups is 2. The number of halogens is 1. The van der Waals surface area contributed by atoms with Gasteiger partial charge in [-0.3, -0.25) is 4.79 Å². The molecule has 0 radical (unpaired) electrons. The van der Waals surface area contributed by atoms with Gasteiger partial charge in [0.2, 0.25) is 5.91 Å². The zero-order valence-corrected chi connectivity index (χ0v) is 9.41. The van der Waals surface area contributed by atoms with Crippen LogP contribution in [-0.4, -0.2) is 39.6 Å². The number of aliphatic carboxylic acids is 1. The molecule has 5 nitrogen and oxygen atoms in total. The van der Waals surface area contributed by atoms with Crippen LogP contribution in [-0.2, 0) is 9.59 Å². The summed E-state index contributed by atoms with van der Waals surface area (Å²) >= 11 is 0. The molecule has 0 spiro atoms. The number of hydrogen-bond donors (Lipinski definition) is 2. The largest absolute Gasteiger partial charge is 0.479 e. The second-order valence-corrected chi connectivity index (χ2v) is 4.17. The molecule has 1 heterocycles. The third-order valence-corrected chi connectivity index (χ3v) is 2.88. The lowest BCUT2D eigenvalue weighted by Crippen LogP contribution is -2.36. The van der Waals surface area contributed by atoms with Crippen LogP contribution in [0.25, 0.3) is 0 Å². The first kappa shape index (κ1) is 12.5. The van der Waals surface area contributed by atoms with Gasteiger partial charge in [0.05, 0.1) is 12.5 Å². The van der Waals surface area contributed by atoms with Crippen LogP contribution in [0.4, 0.5) is 4.39 Å². The molecule has 0 aliphatic carbocycles. The van der Waals surface area contributed by atoms with E-state index < -0.39 is 29.8 Å². The Bertz CT molecular complexity index is 491. The summed E-state index contributed by atoms with van der Waals surface area (Å²) in [5, 5.41) is 18.5. The number of carbonyl (C=O) groups excluding carboxylic acids is 1. The van der Waals surface area contributed by atoms with E-state index in [9.17, 15) is 24.2 Å². The average molecular weight is 253 g/mol. The summed E-state index contributed by atoms with van der Waals surface area (Å²) in [5.74, 6) is -2.49. The van der Waals surface area contributed by atoms with E-state index in [-0.39, 0.29) is 18.5 Å². The Kier molecular flexibility index (Phi) is 3.29. The standard InChI is InChI=1S/C12H12FNO4/c13-9-4-2-1-3-8(9)11(12(17)18)14-6-7(15)5-10(14)16/h1-4,7,11,15H,5-6H2,(H,17,18). The van der Waals surface area contributed by atoms with E-state index in [0.29, 0.717) is 0 Å². The van der Waals surface area contributed by atoms with E-state index >= 15 is 0 Å². The van der Waals surface area contributed by atoms with Crippen LogP contribution in [0.3, 0.4) is 0 Å². The van der Waals surface area contributed by atoms with Crippen molar-refractivity contribution in [1.82, 2.24) is 4.90 Å². The predicted molar refractivity (Wildman–Crippen MR) is 59.1 cm³/mol. The molecular formula is C12H12FNO4. The highest BCUT2D eigenvalue weighted by Gasteiger charge is 2.38. The summed E-state index contributed by atoms with van der Waals surface area (Å²) in [5.41, 5.74) is -0.0764. The molecule has 1 amide bonds. The van der Waals surface area contributed by atoms with Crippen molar-refractivity contribution >= 4 is 11.9 Å². The minimum absolute atomic E-state index is 0.0764. The van der Waals surface area contributed by atoms with Crippen molar-refractivity contribution < 1.29 is 24.2 Å². The number of carboxylic acids is 1. The first-order valence-electron chi connectivity index (χ1n) is 5.45. The molecule has 2 rings (SSSR count). The molecule has 0 aromatic heterocycles. The molecule has 6 heteroatoms. The Labute approximate surface area is 102 Å². The molecule has 2 N–H and O–H groups in total. The SMILES string of the molecule is O=C(O)C(c1ccccc1F)N1CC(O)CC1=O. The molecule has 0 saturated carbocycles. The average Bonchev–Trinajstić information content (AvgIpc) is 2.61. The minimum Gasteiger partial charge on any atom is -0.479 e. The molecule has 2 unspecified atom stereocenters. The third-order valence-electron chi connectivity index (χ3n) is 2.88. The molecule has 1 fully saturated rings. The minimum atomic E-state index is -1.39. The number of amides is 1. The predicted octanol–water partition coefficient (Wildman–Crippen LogP) is 0.545. The van der Waals surface area contributed by atoms with Gasteiger partial charge in [0, 0.05) is 12.1 Å². The fraction of sp³-hybridized carbons (Fsp3) is 0.333. The second-order valence-electron chi connectivity index (χ2n) is 4.17. The number of hydrogen-bond acceptors (Lipinski definition) is 3. The van der Waals surface area contributed by atoms with E-state index in [1.165, 1.54) is 18.2 Å². The Balaban J connectivity index is 2.38. The Hall–Kier alpha value is -1.95. The number of aliphatic hydroxyl groups excluding tert-OH is 1. The molecule has 18 heavy (non-hydrogen) atoms. The zero-order chi connectivity index (χ0) is 13.3. The van der Waals surface area contributed by atoms with E-state index in [1.807, 2.05) is 0 Å². The molecule has 1 saturated heterocycles. The van der Waals surface area contributed by atoms with Crippen molar-refractivity contribution in [2.75, 3.05) is 6.54 Å². The van der Waals surface area contributed by atoms with Gasteiger partial charge in [-0.15, -0.1) is 0 Å². The number of aliphatic hydroxyl groups is 1. The highest BCUT2D eigenvalue weighted by Crippen LogP contribution is 2.28. The summed E-state index contributed by atoms with van der Waals surface area (Å²) in [7, 11) is 0. The van der Waals surface area contributed by atoms with Gasteiger partial charge in [0.25, 0.3) is 0 Å². The van der Waals surface area contributed by atoms with E-state index in [4.69, 9.17) is 0 Å². The third kappa shape index (κ3) is 2.19. The van der Waals surface area contributed by atoms with Crippen LogP contribution in [0, 0.1) is 5.82 Å². The first-order chi connectivity index (χ1) is 8.50. The lowest BCUT2D eigenvalue weighted by molar-refractivity contribution is -0.148. The summed E-state index contributed by atoms with van der Waals surface area (Å²) in [4.78, 5) is 23.8. The van der Waals surface area contributed by atoms with Crippen molar-refractivity contribution in [2.45, 2.75) is 18.6 Å². The number of likely N-dealkylation sites (tertiary alicyclic amines) is 1. The van der Waals surface area contributed by atoms with Gasteiger partial charge in [-0.25, -0.2) is 9.18 Å². The number of benzene rings is 1. The maximum absolute atomic E-state index is 13.6. The Morgan fingerprint density at radius 1 is 1.44 bits per heavy atom. The number of carboxylic acid groups (broad SMARTS) is 1. The quantitative estimate of drug-likeness (QED) is 0.824. The summed E-state index contributed by atoms with van der Waals surface area (Å²) in [6.07, 6.45) is -1.02. The van der Waals surface area contributed by atoms with Gasteiger partial charge in [-0.2, -0.15) is 0 Å². The summed E-state index contributed by atoms with van der Waals surface area (Å²) in [6.45, 7) is -0.0931. The molecule has 1 aliphatic heterocycles. The lowest BCUT2D eigenvalue weighted by Gasteiger charge is -2.24. The number of rotatable bonds is 3. The van der Waals surface area contributed by atoms with Crippen molar-refractivity contribution in [3.8, 4) is 0 Å². The van der Waals surface area contributed by atoms with Crippen LogP contribution in [0.2, 0.25) is 0 Å². The van der Waals surface area contributed by atoms with Crippen LogP contribution in [0.1, 0.15) is 18.0 Å². The fourth-order valence-electron chi connectivity index (χ4n) is 2.09. The van der Waals surface area contributed by atoms with Crippen LogP contribution in [0.15, 0.2) is 24.3 Å². The first-order valence-corrected chi connectivity index (χ1v) is 5.45. The van der Waals surface area contributed by atoms with Gasteiger partial charge in [0.15, 0.2) is 6.04 Å². The maximum Gasteiger partial charge on any atom is 0.331 e. The van der Waals surface area contributed by atoms with Crippen molar-refractivity contribution in [3.63, 3.8) is 0 Å². The van der Waals surface area contributed by atoms with Crippen molar-refractivity contribution in [3.05, 3.63) is 35.6 Å². The van der Waals surface area contributed by atoms with E-state index in [1.54, 1.807) is 0 Å². The van der Waals surface area contributed by atoms with Crippen LogP contribution in [0.5, 0.6) is 0 Å². The topological polar surface area (TPSA) is 77.8 Å². The molecule has 0 bridgehead atoms.